The predicted molar refractivity (Wildman–Crippen MR) is 103 cm³/mol. The number of morpholine rings is 1. The molecule has 2 heterocycles. The summed E-state index contributed by atoms with van der Waals surface area (Å²) in [7, 11) is 0. The van der Waals surface area contributed by atoms with Crippen LogP contribution in [0.4, 0.5) is 0 Å². The highest BCUT2D eigenvalue weighted by molar-refractivity contribution is 5.87. The number of ether oxygens (including phenoxy) is 1. The van der Waals surface area contributed by atoms with Crippen LogP contribution in [0.15, 0.2) is 53.1 Å². The average Bonchev–Trinajstić information content (AvgIpc) is 3.28. The van der Waals surface area contributed by atoms with Crippen LogP contribution in [0.5, 0.6) is 0 Å². The van der Waals surface area contributed by atoms with E-state index in [-0.39, 0.29) is 11.9 Å². The molecule has 0 radical (unpaired) electrons. The largest absolute Gasteiger partial charge is 0.467 e. The summed E-state index contributed by atoms with van der Waals surface area (Å²) in [6, 6.07) is 13.6. The molecular formula is C22H28N2O3. The van der Waals surface area contributed by atoms with E-state index in [1.54, 1.807) is 6.26 Å². The van der Waals surface area contributed by atoms with Gasteiger partial charge in [0.2, 0.25) is 5.91 Å². The van der Waals surface area contributed by atoms with Gasteiger partial charge in [0.1, 0.15) is 17.3 Å². The molecule has 1 saturated carbocycles. The predicted octanol–water partition coefficient (Wildman–Crippen LogP) is 3.52. The van der Waals surface area contributed by atoms with E-state index < -0.39 is 5.54 Å². The Hall–Kier alpha value is -2.11. The van der Waals surface area contributed by atoms with E-state index in [0.29, 0.717) is 13.2 Å². The van der Waals surface area contributed by atoms with Gasteiger partial charge >= 0.3 is 0 Å². The topological polar surface area (TPSA) is 54.7 Å². The fourth-order valence-electron chi connectivity index (χ4n) is 4.50. The lowest BCUT2D eigenvalue weighted by atomic mass is 9.78. The van der Waals surface area contributed by atoms with Crippen LogP contribution < -0.4 is 5.32 Å². The van der Waals surface area contributed by atoms with E-state index in [9.17, 15) is 4.79 Å². The summed E-state index contributed by atoms with van der Waals surface area (Å²) < 4.78 is 11.2. The molecule has 1 amide bonds. The fraction of sp³-hybridized carbons (Fsp3) is 0.500. The SMILES string of the molecule is O=C(N[C@@H](c1ccccc1)c1ccco1)C1(N2CCOCC2)CCCCC1. The molecule has 0 unspecified atom stereocenters. The Morgan fingerprint density at radius 3 is 2.41 bits per heavy atom. The van der Waals surface area contributed by atoms with Crippen LogP contribution in [0.3, 0.4) is 0 Å². The Morgan fingerprint density at radius 2 is 1.74 bits per heavy atom. The van der Waals surface area contributed by atoms with Gasteiger partial charge in [-0.05, 0) is 30.5 Å². The number of benzene rings is 1. The number of nitrogens with one attached hydrogen (secondary N) is 1. The van der Waals surface area contributed by atoms with Gasteiger partial charge in [0.15, 0.2) is 0 Å². The lowest BCUT2D eigenvalue weighted by molar-refractivity contribution is -0.140. The second-order valence-corrected chi connectivity index (χ2v) is 7.52. The van der Waals surface area contributed by atoms with Crippen molar-refractivity contribution in [2.24, 2.45) is 0 Å². The van der Waals surface area contributed by atoms with Crippen molar-refractivity contribution in [3.05, 3.63) is 60.1 Å². The molecule has 144 valence electrons. The van der Waals surface area contributed by atoms with Gasteiger partial charge < -0.3 is 14.5 Å². The molecule has 1 aliphatic carbocycles. The van der Waals surface area contributed by atoms with E-state index in [2.05, 4.69) is 10.2 Å². The van der Waals surface area contributed by atoms with Crippen LogP contribution in [0.25, 0.3) is 0 Å². The van der Waals surface area contributed by atoms with Crippen LogP contribution in [0, 0.1) is 0 Å². The lowest BCUT2D eigenvalue weighted by Crippen LogP contribution is -2.62. The van der Waals surface area contributed by atoms with Crippen molar-refractivity contribution >= 4 is 5.91 Å². The van der Waals surface area contributed by atoms with E-state index >= 15 is 0 Å². The average molecular weight is 368 g/mol. The van der Waals surface area contributed by atoms with Crippen molar-refractivity contribution < 1.29 is 13.9 Å². The molecule has 4 rings (SSSR count). The number of furan rings is 1. The van der Waals surface area contributed by atoms with Crippen molar-refractivity contribution in [1.82, 2.24) is 10.2 Å². The summed E-state index contributed by atoms with van der Waals surface area (Å²) in [5.41, 5.74) is 0.607. The van der Waals surface area contributed by atoms with Gasteiger partial charge in [0.05, 0.1) is 19.5 Å². The Labute approximate surface area is 160 Å². The molecule has 1 saturated heterocycles. The smallest absolute Gasteiger partial charge is 0.241 e. The number of nitrogens with zero attached hydrogens (tertiary/aromatic N) is 1. The molecule has 27 heavy (non-hydrogen) atoms. The normalized spacial score (nSPS) is 21.5. The fourth-order valence-corrected chi connectivity index (χ4v) is 4.50. The van der Waals surface area contributed by atoms with Crippen LogP contribution in [-0.4, -0.2) is 42.6 Å². The Morgan fingerprint density at radius 1 is 1.00 bits per heavy atom. The highest BCUT2D eigenvalue weighted by atomic mass is 16.5. The number of carbonyl (C=O) groups excluding carboxylic acids is 1. The lowest BCUT2D eigenvalue weighted by Gasteiger charge is -2.47. The molecule has 0 bridgehead atoms. The summed E-state index contributed by atoms with van der Waals surface area (Å²) >= 11 is 0. The molecule has 0 spiro atoms. The zero-order chi connectivity index (χ0) is 18.5. The van der Waals surface area contributed by atoms with E-state index in [4.69, 9.17) is 9.15 Å². The van der Waals surface area contributed by atoms with Crippen LogP contribution in [0.2, 0.25) is 0 Å². The number of hydrogen-bond acceptors (Lipinski definition) is 4. The molecule has 1 aromatic heterocycles. The molecule has 1 N–H and O–H groups in total. The molecule has 1 atom stereocenters. The standard InChI is InChI=1S/C22H28N2O3/c25-21(22(11-5-2-6-12-22)24-13-16-26-17-14-24)23-20(19-10-7-15-27-19)18-8-3-1-4-9-18/h1,3-4,7-10,15,20H,2,5-6,11-14,16-17H2,(H,23,25)/t20-/m0/s1. The Balaban J connectivity index is 1.62. The number of rotatable bonds is 5. The van der Waals surface area contributed by atoms with E-state index in [0.717, 1.165) is 50.1 Å². The third-order valence-corrected chi connectivity index (χ3v) is 5.96. The molecular weight excluding hydrogens is 340 g/mol. The molecule has 1 aliphatic heterocycles. The molecule has 5 nitrogen and oxygen atoms in total. The first-order valence-electron chi connectivity index (χ1n) is 10.0. The zero-order valence-electron chi connectivity index (χ0n) is 15.7. The minimum atomic E-state index is -0.429. The molecule has 2 aliphatic rings. The highest BCUT2D eigenvalue weighted by Gasteiger charge is 2.45. The van der Waals surface area contributed by atoms with Gasteiger partial charge in [-0.15, -0.1) is 0 Å². The molecule has 2 fully saturated rings. The quantitative estimate of drug-likeness (QED) is 0.877. The maximum Gasteiger partial charge on any atom is 0.241 e. The first-order valence-corrected chi connectivity index (χ1v) is 10.0. The maximum atomic E-state index is 13.7. The molecule has 1 aromatic carbocycles. The minimum Gasteiger partial charge on any atom is -0.467 e. The van der Waals surface area contributed by atoms with Crippen molar-refractivity contribution in [2.45, 2.75) is 43.7 Å². The first kappa shape index (κ1) is 18.3. The van der Waals surface area contributed by atoms with Crippen molar-refractivity contribution in [3.8, 4) is 0 Å². The molecule has 2 aromatic rings. The third-order valence-electron chi connectivity index (χ3n) is 5.96. The van der Waals surface area contributed by atoms with Gasteiger partial charge in [-0.2, -0.15) is 0 Å². The van der Waals surface area contributed by atoms with Gasteiger partial charge in [-0.25, -0.2) is 0 Å². The van der Waals surface area contributed by atoms with Crippen LogP contribution >= 0.6 is 0 Å². The second kappa shape index (κ2) is 8.28. The summed E-state index contributed by atoms with van der Waals surface area (Å²) in [5.74, 6) is 0.886. The summed E-state index contributed by atoms with van der Waals surface area (Å²) in [5, 5.41) is 3.33. The van der Waals surface area contributed by atoms with Crippen molar-refractivity contribution in [1.29, 1.82) is 0 Å². The maximum absolute atomic E-state index is 13.7. The number of carbonyl (C=O) groups is 1. The highest BCUT2D eigenvalue weighted by Crippen LogP contribution is 2.36. The van der Waals surface area contributed by atoms with Crippen molar-refractivity contribution in [3.63, 3.8) is 0 Å². The second-order valence-electron chi connectivity index (χ2n) is 7.52. The van der Waals surface area contributed by atoms with Gasteiger partial charge in [-0.1, -0.05) is 49.6 Å². The number of hydrogen-bond donors (Lipinski definition) is 1. The van der Waals surface area contributed by atoms with Crippen LogP contribution in [-0.2, 0) is 9.53 Å². The van der Waals surface area contributed by atoms with Gasteiger partial charge in [0.25, 0.3) is 0 Å². The zero-order valence-corrected chi connectivity index (χ0v) is 15.7. The minimum absolute atomic E-state index is 0.120. The summed E-state index contributed by atoms with van der Waals surface area (Å²) in [4.78, 5) is 16.0. The van der Waals surface area contributed by atoms with E-state index in [1.165, 1.54) is 6.42 Å². The van der Waals surface area contributed by atoms with Crippen LogP contribution in [0.1, 0.15) is 49.5 Å². The Bertz CT molecular complexity index is 717. The van der Waals surface area contributed by atoms with Gasteiger partial charge in [0, 0.05) is 13.1 Å². The summed E-state index contributed by atoms with van der Waals surface area (Å²) in [6.07, 6.45) is 6.90. The monoisotopic (exact) mass is 368 g/mol. The Kier molecular flexibility index (Phi) is 5.60. The van der Waals surface area contributed by atoms with E-state index in [1.807, 2.05) is 42.5 Å². The first-order chi connectivity index (χ1) is 13.3. The molecule has 5 heteroatoms. The van der Waals surface area contributed by atoms with Gasteiger partial charge in [-0.3, -0.25) is 9.69 Å². The summed E-state index contributed by atoms with van der Waals surface area (Å²) in [6.45, 7) is 3.05. The number of amides is 1. The van der Waals surface area contributed by atoms with Crippen molar-refractivity contribution in [2.75, 3.05) is 26.3 Å². The third kappa shape index (κ3) is 3.80.